The highest BCUT2D eigenvalue weighted by Gasteiger charge is 2.10. The Bertz CT molecular complexity index is 1060. The first kappa shape index (κ1) is 18.2. The van der Waals surface area contributed by atoms with E-state index in [1.807, 2.05) is 43.3 Å². The van der Waals surface area contributed by atoms with E-state index < -0.39 is 0 Å². The molecule has 2 aromatic heterocycles. The number of benzene rings is 2. The normalized spacial score (nSPS) is 11.1. The van der Waals surface area contributed by atoms with Gasteiger partial charge in [-0.25, -0.2) is 9.97 Å². The smallest absolute Gasteiger partial charge is 0.236 e. The molecule has 2 aromatic carbocycles. The number of thioether (sulfide) groups is 1. The minimum absolute atomic E-state index is 0.0507. The number of rotatable bonds is 7. The lowest BCUT2D eigenvalue weighted by Crippen LogP contribution is -2.13. The number of hydrogen-bond donors (Lipinski definition) is 1. The fraction of sp³-hybridized carbons (Fsp3) is 0.211. The molecule has 27 heavy (non-hydrogen) atoms. The molecule has 8 heteroatoms. The Morgan fingerprint density at radius 2 is 1.96 bits per heavy atom. The van der Waals surface area contributed by atoms with Crippen LogP contribution in [0.1, 0.15) is 11.9 Å². The second-order valence-corrected chi connectivity index (χ2v) is 8.83. The predicted molar refractivity (Wildman–Crippen MR) is 115 cm³/mol. The molecule has 0 aliphatic rings. The quantitative estimate of drug-likeness (QED) is 0.451. The topological polar surface area (TPSA) is 64.1 Å². The van der Waals surface area contributed by atoms with E-state index in [1.165, 1.54) is 16.0 Å². The molecule has 0 spiro atoms. The van der Waals surface area contributed by atoms with E-state index in [0.717, 1.165) is 32.2 Å². The number of hydrogen-bond acceptors (Lipinski definition) is 7. The number of amides is 1. The van der Waals surface area contributed by atoms with E-state index in [4.69, 9.17) is 4.74 Å². The van der Waals surface area contributed by atoms with E-state index in [9.17, 15) is 4.79 Å². The van der Waals surface area contributed by atoms with Gasteiger partial charge in [0.15, 0.2) is 5.13 Å². The standard InChI is InChI=1S/C19H17N3O2S3/c1-2-24-12-7-8-14-16(9-12)27-19(21-14)22-17(23)10-25-11-18-20-13-5-3-4-6-15(13)26-18/h3-9H,2,10-11H2,1H3,(H,21,22,23). The summed E-state index contributed by atoms with van der Waals surface area (Å²) in [7, 11) is 0. The first-order chi connectivity index (χ1) is 13.2. The molecule has 0 aliphatic carbocycles. The van der Waals surface area contributed by atoms with Crippen LogP contribution in [-0.2, 0) is 10.5 Å². The fourth-order valence-electron chi connectivity index (χ4n) is 2.58. The third-order valence-corrected chi connectivity index (χ3v) is 6.81. The highest BCUT2D eigenvalue weighted by atomic mass is 32.2. The van der Waals surface area contributed by atoms with Crippen LogP contribution in [0.25, 0.3) is 20.4 Å². The van der Waals surface area contributed by atoms with Crippen molar-refractivity contribution >= 4 is 65.9 Å². The van der Waals surface area contributed by atoms with E-state index in [1.54, 1.807) is 23.1 Å². The molecule has 4 aromatic rings. The van der Waals surface area contributed by atoms with Crippen LogP contribution >= 0.6 is 34.4 Å². The summed E-state index contributed by atoms with van der Waals surface area (Å²) in [6.45, 7) is 2.58. The lowest BCUT2D eigenvalue weighted by Gasteiger charge is -2.00. The Labute approximate surface area is 168 Å². The van der Waals surface area contributed by atoms with Crippen molar-refractivity contribution in [3.8, 4) is 5.75 Å². The lowest BCUT2D eigenvalue weighted by molar-refractivity contribution is -0.113. The number of para-hydroxylation sites is 1. The molecule has 1 N–H and O–H groups in total. The zero-order valence-electron chi connectivity index (χ0n) is 14.6. The van der Waals surface area contributed by atoms with E-state index >= 15 is 0 Å². The second-order valence-electron chi connectivity index (χ2n) is 5.70. The highest BCUT2D eigenvalue weighted by Crippen LogP contribution is 2.29. The van der Waals surface area contributed by atoms with Crippen molar-refractivity contribution in [3.05, 3.63) is 47.5 Å². The molecule has 0 saturated carbocycles. The maximum atomic E-state index is 12.2. The maximum Gasteiger partial charge on any atom is 0.236 e. The molecule has 138 valence electrons. The third kappa shape index (κ3) is 4.40. The Hall–Kier alpha value is -2.16. The van der Waals surface area contributed by atoms with Gasteiger partial charge >= 0.3 is 0 Å². The summed E-state index contributed by atoms with van der Waals surface area (Å²) in [6.07, 6.45) is 0. The monoisotopic (exact) mass is 415 g/mol. The Kier molecular flexibility index (Phi) is 5.56. The number of fused-ring (bicyclic) bond motifs is 2. The molecule has 0 atom stereocenters. The SMILES string of the molecule is CCOc1ccc2nc(NC(=O)CSCc3nc4ccccc4s3)sc2c1. The Morgan fingerprint density at radius 1 is 1.11 bits per heavy atom. The molecule has 0 aliphatic heterocycles. The molecule has 5 nitrogen and oxygen atoms in total. The minimum atomic E-state index is -0.0507. The van der Waals surface area contributed by atoms with Crippen molar-refractivity contribution in [2.24, 2.45) is 0 Å². The molecule has 0 radical (unpaired) electrons. The van der Waals surface area contributed by atoms with Gasteiger partial charge < -0.3 is 10.1 Å². The summed E-state index contributed by atoms with van der Waals surface area (Å²) in [5, 5.41) is 4.54. The summed E-state index contributed by atoms with van der Waals surface area (Å²) in [5.41, 5.74) is 1.88. The summed E-state index contributed by atoms with van der Waals surface area (Å²) < 4.78 is 7.68. The molecule has 2 heterocycles. The van der Waals surface area contributed by atoms with Gasteiger partial charge in [0.2, 0.25) is 5.91 Å². The van der Waals surface area contributed by atoms with Crippen molar-refractivity contribution in [3.63, 3.8) is 0 Å². The van der Waals surface area contributed by atoms with Gasteiger partial charge in [0.1, 0.15) is 10.8 Å². The van der Waals surface area contributed by atoms with Gasteiger partial charge in [-0.1, -0.05) is 23.5 Å². The molecule has 0 saturated heterocycles. The predicted octanol–water partition coefficient (Wildman–Crippen LogP) is 5.18. The number of carbonyl (C=O) groups excluding carboxylic acids is 1. The minimum Gasteiger partial charge on any atom is -0.494 e. The van der Waals surface area contributed by atoms with E-state index in [-0.39, 0.29) is 5.91 Å². The maximum absolute atomic E-state index is 12.2. The molecule has 0 unspecified atom stereocenters. The summed E-state index contributed by atoms with van der Waals surface area (Å²) in [4.78, 5) is 21.3. The molecule has 0 fully saturated rings. The third-order valence-electron chi connectivity index (χ3n) is 3.71. The van der Waals surface area contributed by atoms with Gasteiger partial charge in [0.25, 0.3) is 0 Å². The number of aromatic nitrogens is 2. The fourth-order valence-corrected chi connectivity index (χ4v) is 5.34. The van der Waals surface area contributed by atoms with Crippen molar-refractivity contribution in [2.45, 2.75) is 12.7 Å². The summed E-state index contributed by atoms with van der Waals surface area (Å²) in [6, 6.07) is 13.8. The van der Waals surface area contributed by atoms with E-state index in [0.29, 0.717) is 17.5 Å². The zero-order chi connectivity index (χ0) is 18.6. The Balaban J connectivity index is 1.32. The second kappa shape index (κ2) is 8.24. The Morgan fingerprint density at radius 3 is 2.81 bits per heavy atom. The van der Waals surface area contributed by atoms with Gasteiger partial charge in [0.05, 0.1) is 32.8 Å². The number of nitrogens with zero attached hydrogens (tertiary/aromatic N) is 2. The van der Waals surface area contributed by atoms with Crippen LogP contribution < -0.4 is 10.1 Å². The summed E-state index contributed by atoms with van der Waals surface area (Å²) in [5.74, 6) is 1.86. The first-order valence-electron chi connectivity index (χ1n) is 8.46. The van der Waals surface area contributed by atoms with Crippen LogP contribution in [0.4, 0.5) is 5.13 Å². The van der Waals surface area contributed by atoms with Gasteiger partial charge in [-0.3, -0.25) is 4.79 Å². The molecular formula is C19H17N3O2S3. The average molecular weight is 416 g/mol. The van der Waals surface area contributed by atoms with Gasteiger partial charge in [0, 0.05) is 5.75 Å². The van der Waals surface area contributed by atoms with Crippen LogP contribution in [0, 0.1) is 0 Å². The van der Waals surface area contributed by atoms with Crippen LogP contribution in [-0.4, -0.2) is 28.2 Å². The molecule has 1 amide bonds. The van der Waals surface area contributed by atoms with Gasteiger partial charge in [-0.2, -0.15) is 0 Å². The molecule has 0 bridgehead atoms. The molecular weight excluding hydrogens is 398 g/mol. The van der Waals surface area contributed by atoms with Crippen molar-refractivity contribution < 1.29 is 9.53 Å². The van der Waals surface area contributed by atoms with Gasteiger partial charge in [-0.05, 0) is 37.3 Å². The largest absolute Gasteiger partial charge is 0.494 e. The van der Waals surface area contributed by atoms with Crippen LogP contribution in [0.2, 0.25) is 0 Å². The van der Waals surface area contributed by atoms with Crippen molar-refractivity contribution in [1.29, 1.82) is 0 Å². The first-order valence-corrected chi connectivity index (χ1v) is 11.3. The number of anilines is 1. The van der Waals surface area contributed by atoms with Crippen molar-refractivity contribution in [2.75, 3.05) is 17.7 Å². The van der Waals surface area contributed by atoms with Gasteiger partial charge in [-0.15, -0.1) is 23.1 Å². The van der Waals surface area contributed by atoms with Crippen LogP contribution in [0.15, 0.2) is 42.5 Å². The summed E-state index contributed by atoms with van der Waals surface area (Å²) >= 11 is 4.69. The zero-order valence-corrected chi connectivity index (χ0v) is 17.0. The number of nitrogens with one attached hydrogen (secondary N) is 1. The van der Waals surface area contributed by atoms with E-state index in [2.05, 4.69) is 21.4 Å². The van der Waals surface area contributed by atoms with Crippen LogP contribution in [0.3, 0.4) is 0 Å². The highest BCUT2D eigenvalue weighted by molar-refractivity contribution is 7.99. The number of thiazole rings is 2. The number of carbonyl (C=O) groups is 1. The average Bonchev–Trinajstić information content (AvgIpc) is 3.24. The molecule has 4 rings (SSSR count). The number of ether oxygens (including phenoxy) is 1. The van der Waals surface area contributed by atoms with Crippen molar-refractivity contribution in [1.82, 2.24) is 9.97 Å². The lowest BCUT2D eigenvalue weighted by atomic mass is 10.3. The van der Waals surface area contributed by atoms with Crippen LogP contribution in [0.5, 0.6) is 5.75 Å².